The van der Waals surface area contributed by atoms with Gasteiger partial charge >= 0.3 is 12.4 Å². The standard InChI is InChI=1S/C19H25F6N3OS2/c1-17(2,3)31(29)28-15-7-5-4-6-14(15)27-16(30)26-13-9-11(18(20,21)22)8-12(10-13)19(23,24)25/h8-10,14-15H,4-7H2,1-3H3,(H3,26,27,28,29,30)/p-1/t14-,15-,31?/m1/s1. The van der Waals surface area contributed by atoms with Gasteiger partial charge in [0.15, 0.2) is 5.11 Å². The quantitative estimate of drug-likeness (QED) is 0.402. The summed E-state index contributed by atoms with van der Waals surface area (Å²) in [7, 11) is -1.46. The van der Waals surface area contributed by atoms with Crippen LogP contribution in [-0.4, -0.2) is 26.5 Å². The Bertz CT molecular complexity index is 801. The first kappa shape index (κ1) is 25.9. The lowest BCUT2D eigenvalue weighted by Gasteiger charge is -2.35. The minimum absolute atomic E-state index is 0.0551. The van der Waals surface area contributed by atoms with Crippen LogP contribution < -0.4 is 10.6 Å². The van der Waals surface area contributed by atoms with Crippen molar-refractivity contribution in [1.82, 2.24) is 5.32 Å². The average Bonchev–Trinajstić information content (AvgIpc) is 2.60. The third-order valence-electron chi connectivity index (χ3n) is 4.65. The van der Waals surface area contributed by atoms with Crippen molar-refractivity contribution in [1.29, 1.82) is 0 Å². The van der Waals surface area contributed by atoms with E-state index in [9.17, 15) is 30.9 Å². The Kier molecular flexibility index (Phi) is 8.02. The van der Waals surface area contributed by atoms with E-state index in [1.165, 1.54) is 0 Å². The Labute approximate surface area is 185 Å². The van der Waals surface area contributed by atoms with E-state index in [4.69, 9.17) is 12.2 Å². The average molecular weight is 489 g/mol. The molecule has 3 atom stereocenters. The highest BCUT2D eigenvalue weighted by Crippen LogP contribution is 2.37. The fourth-order valence-corrected chi connectivity index (χ4v) is 4.13. The van der Waals surface area contributed by atoms with Gasteiger partial charge < -0.3 is 15.2 Å². The van der Waals surface area contributed by atoms with E-state index in [2.05, 4.69) is 15.0 Å². The minimum atomic E-state index is -4.95. The molecular formula is C19H24F6N3OS2-. The van der Waals surface area contributed by atoms with Crippen LogP contribution in [0.15, 0.2) is 22.6 Å². The zero-order chi connectivity index (χ0) is 23.6. The Balaban J connectivity index is 2.21. The van der Waals surface area contributed by atoms with E-state index in [0.717, 1.165) is 12.8 Å². The second kappa shape index (κ2) is 9.62. The Morgan fingerprint density at radius 1 is 1.00 bits per heavy atom. The molecule has 1 aromatic carbocycles. The SMILES string of the molecule is CC(C)(C)S([O-])=N[C@@H]1CCCC[C@H]1NC(=S)Nc1cc(C(F)(F)F)cc(C(F)(F)F)c1. The van der Waals surface area contributed by atoms with Gasteiger partial charge in [-0.2, -0.15) is 37.3 Å². The maximum atomic E-state index is 13.0. The molecule has 0 heterocycles. The van der Waals surface area contributed by atoms with E-state index in [-0.39, 0.29) is 23.3 Å². The maximum absolute atomic E-state index is 13.0. The molecule has 0 bridgehead atoms. The molecule has 31 heavy (non-hydrogen) atoms. The van der Waals surface area contributed by atoms with Crippen LogP contribution in [0, 0.1) is 0 Å². The Morgan fingerprint density at radius 2 is 1.52 bits per heavy atom. The van der Waals surface area contributed by atoms with Gasteiger partial charge in [0.25, 0.3) is 0 Å². The third-order valence-corrected chi connectivity index (χ3v) is 6.38. The number of halogens is 6. The smallest absolute Gasteiger partial charge is 0.416 e. The topological polar surface area (TPSA) is 59.5 Å². The van der Waals surface area contributed by atoms with Crippen molar-refractivity contribution in [3.05, 3.63) is 29.3 Å². The number of alkyl halides is 6. The van der Waals surface area contributed by atoms with Gasteiger partial charge in [0.1, 0.15) is 0 Å². The van der Waals surface area contributed by atoms with E-state index >= 15 is 0 Å². The van der Waals surface area contributed by atoms with Crippen molar-refractivity contribution in [3.63, 3.8) is 0 Å². The maximum Gasteiger partial charge on any atom is 0.416 e. The number of nitrogens with zero attached hydrogens (tertiary/aromatic N) is 1. The van der Waals surface area contributed by atoms with E-state index in [1.807, 2.05) is 0 Å². The molecule has 4 nitrogen and oxygen atoms in total. The summed E-state index contributed by atoms with van der Waals surface area (Å²) in [5, 5.41) is 5.22. The first-order valence-electron chi connectivity index (χ1n) is 9.57. The molecule has 1 aliphatic rings. The second-order valence-corrected chi connectivity index (χ2v) is 10.7. The van der Waals surface area contributed by atoms with Crippen molar-refractivity contribution >= 4 is 34.0 Å². The molecule has 0 amide bonds. The number of rotatable bonds is 3. The number of anilines is 1. The lowest BCUT2D eigenvalue weighted by Crippen LogP contribution is -2.46. The van der Waals surface area contributed by atoms with Gasteiger partial charge in [-0.25, -0.2) is 0 Å². The molecule has 1 aromatic rings. The molecule has 1 unspecified atom stereocenters. The number of benzene rings is 1. The van der Waals surface area contributed by atoms with Crippen LogP contribution in [0.4, 0.5) is 32.0 Å². The number of nitrogens with one attached hydrogen (secondary N) is 2. The van der Waals surface area contributed by atoms with Crippen LogP contribution in [0.3, 0.4) is 0 Å². The van der Waals surface area contributed by atoms with Gasteiger partial charge in [0.05, 0.1) is 23.2 Å². The van der Waals surface area contributed by atoms with E-state index in [1.54, 1.807) is 20.8 Å². The van der Waals surface area contributed by atoms with Gasteiger partial charge in [0.2, 0.25) is 0 Å². The fourth-order valence-electron chi connectivity index (χ4n) is 3.05. The van der Waals surface area contributed by atoms with Crippen LogP contribution in [0.5, 0.6) is 0 Å². The molecule has 0 radical (unpaired) electrons. The summed E-state index contributed by atoms with van der Waals surface area (Å²) < 4.78 is 94.4. The summed E-state index contributed by atoms with van der Waals surface area (Å²) in [6, 6.07) is 0.537. The number of hydrogen-bond acceptors (Lipinski definition) is 3. The third kappa shape index (κ3) is 7.60. The Morgan fingerprint density at radius 3 is 2.00 bits per heavy atom. The molecule has 0 aliphatic heterocycles. The lowest BCUT2D eigenvalue weighted by atomic mass is 9.91. The largest absolute Gasteiger partial charge is 0.788 e. The molecule has 2 N–H and O–H groups in total. The minimum Gasteiger partial charge on any atom is -0.788 e. The first-order chi connectivity index (χ1) is 14.1. The molecule has 176 valence electrons. The lowest BCUT2D eigenvalue weighted by molar-refractivity contribution is -0.143. The van der Waals surface area contributed by atoms with Crippen molar-refractivity contribution < 1.29 is 30.9 Å². The predicted octanol–water partition coefficient (Wildman–Crippen LogP) is 6.05. The monoisotopic (exact) mass is 488 g/mol. The summed E-state index contributed by atoms with van der Waals surface area (Å²) >= 11 is 5.13. The zero-order valence-corrected chi connectivity index (χ0v) is 18.8. The molecule has 1 fully saturated rings. The molecule has 2 rings (SSSR count). The van der Waals surface area contributed by atoms with Gasteiger partial charge in [0, 0.05) is 10.4 Å². The number of hydrogen-bond donors (Lipinski definition) is 2. The van der Waals surface area contributed by atoms with Gasteiger partial charge in [-0.3, -0.25) is 4.36 Å². The zero-order valence-electron chi connectivity index (χ0n) is 17.2. The van der Waals surface area contributed by atoms with Crippen molar-refractivity contribution in [2.24, 2.45) is 4.36 Å². The summed E-state index contributed by atoms with van der Waals surface area (Å²) in [6.45, 7) is 5.36. The van der Waals surface area contributed by atoms with Crippen molar-refractivity contribution in [3.8, 4) is 0 Å². The van der Waals surface area contributed by atoms with Crippen molar-refractivity contribution in [2.75, 3.05) is 5.32 Å². The highest BCUT2D eigenvalue weighted by atomic mass is 32.2. The van der Waals surface area contributed by atoms with Gasteiger partial charge in [-0.1, -0.05) is 33.6 Å². The molecule has 0 spiro atoms. The molecule has 12 heteroatoms. The van der Waals surface area contributed by atoms with Crippen LogP contribution in [0.1, 0.15) is 57.6 Å². The highest BCUT2D eigenvalue weighted by Gasteiger charge is 2.37. The fraction of sp³-hybridized carbons (Fsp3) is 0.632. The molecular weight excluding hydrogens is 464 g/mol. The van der Waals surface area contributed by atoms with E-state index < -0.39 is 44.9 Å². The summed E-state index contributed by atoms with van der Waals surface area (Å²) in [5.74, 6) is 0. The van der Waals surface area contributed by atoms with Gasteiger partial charge in [-0.15, -0.1) is 0 Å². The van der Waals surface area contributed by atoms with Crippen LogP contribution in [0.25, 0.3) is 0 Å². The summed E-state index contributed by atoms with van der Waals surface area (Å²) in [4.78, 5) is 0. The predicted molar refractivity (Wildman–Crippen MR) is 112 cm³/mol. The molecule has 0 saturated heterocycles. The first-order valence-corrected chi connectivity index (χ1v) is 11.1. The van der Waals surface area contributed by atoms with Crippen LogP contribution >= 0.6 is 12.2 Å². The summed E-state index contributed by atoms with van der Waals surface area (Å²) in [6.07, 6.45) is -6.89. The normalized spacial score (nSPS) is 21.6. The molecule has 0 aromatic heterocycles. The number of thiocarbonyl (C=S) groups is 1. The molecule has 1 saturated carbocycles. The van der Waals surface area contributed by atoms with Crippen molar-refractivity contribution in [2.45, 2.75) is 75.6 Å². The Hall–Kier alpha value is -1.40. The summed E-state index contributed by atoms with van der Waals surface area (Å²) in [5.41, 5.74) is -3.29. The van der Waals surface area contributed by atoms with Crippen LogP contribution in [0.2, 0.25) is 0 Å². The van der Waals surface area contributed by atoms with Gasteiger partial charge in [-0.05, 0) is 43.3 Å². The second-order valence-electron chi connectivity index (χ2n) is 8.32. The highest BCUT2D eigenvalue weighted by molar-refractivity contribution is 7.83. The molecule has 1 aliphatic carbocycles. The van der Waals surface area contributed by atoms with Crippen LogP contribution in [-0.2, 0) is 23.3 Å². The van der Waals surface area contributed by atoms with E-state index in [0.29, 0.717) is 25.0 Å².